The minimum Gasteiger partial charge on any atom is -0.480 e. The Morgan fingerprint density at radius 2 is 1.60 bits per heavy atom. The van der Waals surface area contributed by atoms with Crippen LogP contribution in [0.5, 0.6) is 0 Å². The maximum Gasteiger partial charge on any atom is 0.326 e. The lowest BCUT2D eigenvalue weighted by atomic mass is 9.96. The molecule has 2 aromatic rings. The molecule has 0 saturated heterocycles. The number of primary amides is 1. The first-order chi connectivity index (χ1) is 18.8. The Kier molecular flexibility index (Phi) is 12.1. The quantitative estimate of drug-likeness (QED) is 0.158. The zero-order chi connectivity index (χ0) is 30.0. The van der Waals surface area contributed by atoms with Crippen molar-refractivity contribution in [2.45, 2.75) is 84.0 Å². The normalized spacial score (nSPS) is 15.1. The van der Waals surface area contributed by atoms with Crippen molar-refractivity contribution < 1.29 is 29.1 Å². The van der Waals surface area contributed by atoms with Gasteiger partial charge in [0.15, 0.2) is 0 Å². The summed E-state index contributed by atoms with van der Waals surface area (Å²) in [4.78, 5) is 65.4. The van der Waals surface area contributed by atoms with E-state index in [1.165, 1.54) is 0 Å². The van der Waals surface area contributed by atoms with Gasteiger partial charge in [-0.25, -0.2) is 4.79 Å². The minimum atomic E-state index is -1.35. The van der Waals surface area contributed by atoms with Crippen molar-refractivity contribution in [3.63, 3.8) is 0 Å². The number of carbonyl (C=O) groups is 5. The number of hydrogen-bond acceptors (Lipinski definition) is 6. The molecule has 0 radical (unpaired) electrons. The summed E-state index contributed by atoms with van der Waals surface area (Å²) >= 11 is 0. The summed E-state index contributed by atoms with van der Waals surface area (Å²) in [5.74, 6) is -4.12. The number of aliphatic carboxylic acids is 1. The van der Waals surface area contributed by atoms with E-state index in [9.17, 15) is 29.1 Å². The number of aromatic amines is 1. The Bertz CT molecular complexity index is 1190. The number of benzene rings is 1. The third kappa shape index (κ3) is 9.37. The lowest BCUT2D eigenvalue weighted by Crippen LogP contribution is -2.59. The number of para-hydroxylation sites is 1. The molecule has 5 unspecified atom stereocenters. The highest BCUT2D eigenvalue weighted by molar-refractivity contribution is 5.94. The molecule has 0 aliphatic heterocycles. The van der Waals surface area contributed by atoms with Crippen LogP contribution < -0.4 is 27.4 Å². The number of aromatic nitrogens is 1. The monoisotopic (exact) mass is 558 g/mol. The molecular formula is C28H42N6O6. The van der Waals surface area contributed by atoms with Gasteiger partial charge in [-0.2, -0.15) is 0 Å². The third-order valence-corrected chi connectivity index (χ3v) is 6.88. The molecule has 0 spiro atoms. The Morgan fingerprint density at radius 3 is 2.20 bits per heavy atom. The Labute approximate surface area is 234 Å². The van der Waals surface area contributed by atoms with E-state index in [4.69, 9.17) is 11.5 Å². The van der Waals surface area contributed by atoms with Crippen molar-refractivity contribution in [2.24, 2.45) is 23.3 Å². The van der Waals surface area contributed by atoms with Crippen LogP contribution in [0.3, 0.4) is 0 Å². The molecule has 0 aliphatic carbocycles. The first-order valence-electron chi connectivity index (χ1n) is 13.6. The number of hydrogen-bond donors (Lipinski definition) is 7. The maximum atomic E-state index is 13.4. The smallest absolute Gasteiger partial charge is 0.326 e. The second kappa shape index (κ2) is 15.0. The average molecular weight is 559 g/mol. The molecule has 9 N–H and O–H groups in total. The van der Waals surface area contributed by atoms with E-state index in [2.05, 4.69) is 20.9 Å². The first kappa shape index (κ1) is 32.3. The van der Waals surface area contributed by atoms with Crippen molar-refractivity contribution in [2.75, 3.05) is 0 Å². The van der Waals surface area contributed by atoms with Crippen LogP contribution in [0.25, 0.3) is 10.9 Å². The number of rotatable bonds is 16. The SMILES string of the molecule is CCC(C)C(NC(=O)C(CC(C)C)NC(=O)C(N)Cc1c[nH]c2ccccc12)C(=O)NC(CCC(N)=O)C(=O)O. The van der Waals surface area contributed by atoms with Crippen molar-refractivity contribution >= 4 is 40.5 Å². The molecular weight excluding hydrogens is 516 g/mol. The standard InChI is InChI=1S/C28H42N6O6/c1-5-16(4)24(27(38)32-21(28(39)40)10-11-23(30)35)34-26(37)22(12-15(2)3)33-25(36)19(29)13-17-14-31-20-9-7-6-8-18(17)20/h6-9,14-16,19,21-22,24,31H,5,10-13,29H2,1-4H3,(H2,30,35)(H,32,38)(H,33,36)(H,34,37)(H,39,40). The van der Waals surface area contributed by atoms with E-state index in [0.717, 1.165) is 16.5 Å². The summed E-state index contributed by atoms with van der Waals surface area (Å²) < 4.78 is 0. The molecule has 0 bridgehead atoms. The van der Waals surface area contributed by atoms with Gasteiger partial charge in [-0.1, -0.05) is 52.3 Å². The Hall–Kier alpha value is -3.93. The van der Waals surface area contributed by atoms with E-state index in [1.54, 1.807) is 13.1 Å². The summed E-state index contributed by atoms with van der Waals surface area (Å²) in [6.07, 6.45) is 2.46. The molecule has 5 atom stereocenters. The van der Waals surface area contributed by atoms with Gasteiger partial charge in [-0.3, -0.25) is 19.2 Å². The zero-order valence-electron chi connectivity index (χ0n) is 23.5. The molecule has 0 aliphatic rings. The molecule has 40 heavy (non-hydrogen) atoms. The predicted octanol–water partition coefficient (Wildman–Crippen LogP) is 0.934. The number of nitrogens with one attached hydrogen (secondary N) is 4. The van der Waals surface area contributed by atoms with E-state index in [0.29, 0.717) is 12.8 Å². The van der Waals surface area contributed by atoms with E-state index in [-0.39, 0.29) is 31.1 Å². The summed E-state index contributed by atoms with van der Waals surface area (Å²) in [7, 11) is 0. The molecule has 220 valence electrons. The maximum absolute atomic E-state index is 13.4. The highest BCUT2D eigenvalue weighted by atomic mass is 16.4. The van der Waals surface area contributed by atoms with Crippen LogP contribution in [0.4, 0.5) is 0 Å². The van der Waals surface area contributed by atoms with Crippen molar-refractivity contribution in [1.82, 2.24) is 20.9 Å². The molecule has 1 aromatic heterocycles. The lowest BCUT2D eigenvalue weighted by Gasteiger charge is -2.28. The van der Waals surface area contributed by atoms with E-state index in [1.807, 2.05) is 45.0 Å². The van der Waals surface area contributed by atoms with Crippen LogP contribution in [0.15, 0.2) is 30.5 Å². The van der Waals surface area contributed by atoms with E-state index < -0.39 is 53.8 Å². The fourth-order valence-corrected chi connectivity index (χ4v) is 4.37. The van der Waals surface area contributed by atoms with Gasteiger partial charge in [0.05, 0.1) is 6.04 Å². The van der Waals surface area contributed by atoms with Gasteiger partial charge in [0.1, 0.15) is 18.1 Å². The van der Waals surface area contributed by atoms with Crippen molar-refractivity contribution in [3.8, 4) is 0 Å². The molecule has 2 rings (SSSR count). The number of nitrogens with two attached hydrogens (primary N) is 2. The second-order valence-electron chi connectivity index (χ2n) is 10.6. The van der Waals surface area contributed by atoms with Gasteiger partial charge < -0.3 is 37.5 Å². The molecule has 12 heteroatoms. The van der Waals surface area contributed by atoms with Crippen LogP contribution in [0.2, 0.25) is 0 Å². The number of fused-ring (bicyclic) bond motifs is 1. The number of amides is 4. The van der Waals surface area contributed by atoms with Crippen LogP contribution >= 0.6 is 0 Å². The molecule has 0 fully saturated rings. The predicted molar refractivity (Wildman–Crippen MR) is 151 cm³/mol. The highest BCUT2D eigenvalue weighted by Crippen LogP contribution is 2.19. The van der Waals surface area contributed by atoms with Crippen LogP contribution in [-0.2, 0) is 30.4 Å². The molecule has 0 saturated carbocycles. The molecule has 4 amide bonds. The Balaban J connectivity index is 2.14. The van der Waals surface area contributed by atoms with Gasteiger partial charge in [0.25, 0.3) is 0 Å². The van der Waals surface area contributed by atoms with Gasteiger partial charge in [-0.05, 0) is 42.7 Å². The van der Waals surface area contributed by atoms with Gasteiger partial charge in [-0.15, -0.1) is 0 Å². The van der Waals surface area contributed by atoms with Crippen LogP contribution in [-0.4, -0.2) is 63.9 Å². The molecule has 12 nitrogen and oxygen atoms in total. The number of carboxylic acids is 1. The van der Waals surface area contributed by atoms with Gasteiger partial charge >= 0.3 is 5.97 Å². The van der Waals surface area contributed by atoms with Crippen molar-refractivity contribution in [3.05, 3.63) is 36.0 Å². The first-order valence-corrected chi connectivity index (χ1v) is 13.6. The third-order valence-electron chi connectivity index (χ3n) is 6.88. The second-order valence-corrected chi connectivity index (χ2v) is 10.6. The van der Waals surface area contributed by atoms with Gasteiger partial charge in [0, 0.05) is 23.5 Å². The van der Waals surface area contributed by atoms with Crippen LogP contribution in [0.1, 0.15) is 58.9 Å². The Morgan fingerprint density at radius 1 is 0.950 bits per heavy atom. The summed E-state index contributed by atoms with van der Waals surface area (Å²) in [6, 6.07) is 3.35. The summed E-state index contributed by atoms with van der Waals surface area (Å²) in [5, 5.41) is 18.3. The van der Waals surface area contributed by atoms with Gasteiger partial charge in [0.2, 0.25) is 23.6 Å². The lowest BCUT2D eigenvalue weighted by molar-refractivity contribution is -0.143. The van der Waals surface area contributed by atoms with E-state index >= 15 is 0 Å². The number of carbonyl (C=O) groups excluding carboxylic acids is 4. The largest absolute Gasteiger partial charge is 0.480 e. The topological polar surface area (TPSA) is 209 Å². The molecule has 1 heterocycles. The number of carboxylic acid groups (broad SMARTS) is 1. The fourth-order valence-electron chi connectivity index (χ4n) is 4.37. The van der Waals surface area contributed by atoms with Crippen molar-refractivity contribution in [1.29, 1.82) is 0 Å². The average Bonchev–Trinajstić information content (AvgIpc) is 3.30. The summed E-state index contributed by atoms with van der Waals surface area (Å²) in [6.45, 7) is 7.37. The number of H-pyrrole nitrogens is 1. The fraction of sp³-hybridized carbons (Fsp3) is 0.536. The highest BCUT2D eigenvalue weighted by Gasteiger charge is 2.33. The minimum absolute atomic E-state index is 0.0296. The summed E-state index contributed by atoms with van der Waals surface area (Å²) in [5.41, 5.74) is 13.1. The zero-order valence-corrected chi connectivity index (χ0v) is 23.5. The molecule has 1 aromatic carbocycles. The van der Waals surface area contributed by atoms with Crippen LogP contribution in [0, 0.1) is 11.8 Å².